The van der Waals surface area contributed by atoms with Gasteiger partial charge in [0.15, 0.2) is 0 Å². The van der Waals surface area contributed by atoms with Gasteiger partial charge in [-0.2, -0.15) is 0 Å². The Morgan fingerprint density at radius 3 is 2.67 bits per heavy atom. The van der Waals surface area contributed by atoms with E-state index in [1.54, 1.807) is 0 Å². The summed E-state index contributed by atoms with van der Waals surface area (Å²) in [5, 5.41) is 12.2. The Morgan fingerprint density at radius 1 is 1.33 bits per heavy atom. The van der Waals surface area contributed by atoms with Crippen molar-refractivity contribution >= 4 is 5.97 Å². The molecule has 2 atom stereocenters. The fourth-order valence-corrected chi connectivity index (χ4v) is 2.03. The lowest BCUT2D eigenvalue weighted by atomic mass is 9.90. The number of carboxylic acids is 1. The van der Waals surface area contributed by atoms with Gasteiger partial charge in [0.2, 0.25) is 0 Å². The van der Waals surface area contributed by atoms with Crippen LogP contribution in [0.3, 0.4) is 0 Å². The van der Waals surface area contributed by atoms with Gasteiger partial charge in [-0.1, -0.05) is 0 Å². The zero-order valence-electron chi connectivity index (χ0n) is 7.12. The molecule has 1 aliphatic carbocycles. The Kier molecular flexibility index (Phi) is 2.05. The van der Waals surface area contributed by atoms with Crippen molar-refractivity contribution in [3.8, 4) is 0 Å². The fourth-order valence-electron chi connectivity index (χ4n) is 2.03. The quantitative estimate of drug-likeness (QED) is 0.644. The molecule has 0 bridgehead atoms. The number of hydrogen-bond acceptors (Lipinski definition) is 2. The summed E-state index contributed by atoms with van der Waals surface area (Å²) in [6.45, 7) is 0.887. The highest BCUT2D eigenvalue weighted by molar-refractivity contribution is 5.70. The van der Waals surface area contributed by atoms with Gasteiger partial charge in [0, 0.05) is 6.04 Å². The molecule has 1 heterocycles. The van der Waals surface area contributed by atoms with Crippen LogP contribution in [0.15, 0.2) is 0 Å². The van der Waals surface area contributed by atoms with Crippen molar-refractivity contribution < 1.29 is 9.90 Å². The molecule has 0 radical (unpaired) electrons. The molecule has 68 valence electrons. The normalized spacial score (nSPS) is 36.3. The van der Waals surface area contributed by atoms with Crippen LogP contribution in [-0.4, -0.2) is 23.7 Å². The molecule has 0 aromatic carbocycles. The third-order valence-electron chi connectivity index (χ3n) is 2.98. The number of rotatable bonds is 2. The number of aliphatic carboxylic acids is 1. The first-order chi connectivity index (χ1) is 5.77. The molecular formula is C9H15NO2. The summed E-state index contributed by atoms with van der Waals surface area (Å²) in [7, 11) is 0. The van der Waals surface area contributed by atoms with Crippen LogP contribution in [0.4, 0.5) is 0 Å². The summed E-state index contributed by atoms with van der Waals surface area (Å²) >= 11 is 0. The van der Waals surface area contributed by atoms with Crippen molar-refractivity contribution in [2.75, 3.05) is 6.54 Å². The average Bonchev–Trinajstić information content (AvgIpc) is 2.87. The van der Waals surface area contributed by atoms with Gasteiger partial charge in [-0.25, -0.2) is 0 Å². The third kappa shape index (κ3) is 1.61. The minimum absolute atomic E-state index is 0.0863. The SMILES string of the molecule is O=C(O)[C@@H]1CCN[C@@H](C2CC2)C1. The van der Waals surface area contributed by atoms with Crippen LogP contribution in [0.25, 0.3) is 0 Å². The van der Waals surface area contributed by atoms with Crippen LogP contribution >= 0.6 is 0 Å². The summed E-state index contributed by atoms with van der Waals surface area (Å²) in [4.78, 5) is 10.7. The van der Waals surface area contributed by atoms with E-state index in [1.807, 2.05) is 0 Å². The first-order valence-electron chi connectivity index (χ1n) is 4.73. The van der Waals surface area contributed by atoms with Crippen molar-refractivity contribution in [1.29, 1.82) is 0 Å². The zero-order valence-corrected chi connectivity index (χ0v) is 7.12. The summed E-state index contributed by atoms with van der Waals surface area (Å²) in [6.07, 6.45) is 4.24. The number of carboxylic acid groups (broad SMARTS) is 1. The molecule has 1 aliphatic heterocycles. The standard InChI is InChI=1S/C9H15NO2/c11-9(12)7-3-4-10-8(5-7)6-1-2-6/h6-8,10H,1-5H2,(H,11,12)/t7-,8-/m1/s1. The number of piperidine rings is 1. The molecule has 0 spiro atoms. The minimum atomic E-state index is -0.609. The molecule has 2 aliphatic rings. The van der Waals surface area contributed by atoms with E-state index in [0.29, 0.717) is 6.04 Å². The molecule has 2 rings (SSSR count). The average molecular weight is 169 g/mol. The van der Waals surface area contributed by atoms with Crippen molar-refractivity contribution in [3.05, 3.63) is 0 Å². The van der Waals surface area contributed by atoms with E-state index in [4.69, 9.17) is 5.11 Å². The number of carbonyl (C=O) groups is 1. The largest absolute Gasteiger partial charge is 0.481 e. The van der Waals surface area contributed by atoms with Gasteiger partial charge in [-0.15, -0.1) is 0 Å². The molecule has 0 unspecified atom stereocenters. The maximum atomic E-state index is 10.7. The molecule has 0 amide bonds. The molecule has 1 saturated carbocycles. The number of nitrogens with one attached hydrogen (secondary N) is 1. The first-order valence-corrected chi connectivity index (χ1v) is 4.73. The summed E-state index contributed by atoms with van der Waals surface area (Å²) in [6, 6.07) is 0.500. The highest BCUT2D eigenvalue weighted by Crippen LogP contribution is 2.37. The van der Waals surface area contributed by atoms with Crippen molar-refractivity contribution in [2.24, 2.45) is 11.8 Å². The topological polar surface area (TPSA) is 49.3 Å². The first kappa shape index (κ1) is 8.05. The predicted octanol–water partition coefficient (Wildman–Crippen LogP) is 0.849. The summed E-state index contributed by atoms with van der Waals surface area (Å²) < 4.78 is 0. The van der Waals surface area contributed by atoms with E-state index in [-0.39, 0.29) is 5.92 Å². The Hall–Kier alpha value is -0.570. The molecule has 3 heteroatoms. The second-order valence-corrected chi connectivity index (χ2v) is 3.96. The molecule has 2 fully saturated rings. The Bertz CT molecular complexity index is 189. The highest BCUT2D eigenvalue weighted by atomic mass is 16.4. The molecule has 12 heavy (non-hydrogen) atoms. The Labute approximate surface area is 72.2 Å². The maximum absolute atomic E-state index is 10.7. The second-order valence-electron chi connectivity index (χ2n) is 3.96. The Balaban J connectivity index is 1.89. The van der Waals surface area contributed by atoms with E-state index in [0.717, 1.165) is 25.3 Å². The minimum Gasteiger partial charge on any atom is -0.481 e. The summed E-state index contributed by atoms with van der Waals surface area (Å²) in [5.41, 5.74) is 0. The van der Waals surface area contributed by atoms with Crippen LogP contribution < -0.4 is 5.32 Å². The van der Waals surface area contributed by atoms with Gasteiger partial charge in [0.1, 0.15) is 0 Å². The second kappa shape index (κ2) is 3.05. The van der Waals surface area contributed by atoms with Crippen LogP contribution in [0, 0.1) is 11.8 Å². The smallest absolute Gasteiger partial charge is 0.306 e. The van der Waals surface area contributed by atoms with Gasteiger partial charge in [0.25, 0.3) is 0 Å². The van der Waals surface area contributed by atoms with Gasteiger partial charge in [0.05, 0.1) is 5.92 Å². The lowest BCUT2D eigenvalue weighted by Crippen LogP contribution is -2.41. The predicted molar refractivity (Wildman–Crippen MR) is 44.9 cm³/mol. The molecular weight excluding hydrogens is 154 g/mol. The van der Waals surface area contributed by atoms with Gasteiger partial charge in [-0.3, -0.25) is 4.79 Å². The van der Waals surface area contributed by atoms with Gasteiger partial charge < -0.3 is 10.4 Å². The molecule has 1 saturated heterocycles. The van der Waals surface area contributed by atoms with E-state index in [1.165, 1.54) is 12.8 Å². The van der Waals surface area contributed by atoms with Crippen LogP contribution in [0.1, 0.15) is 25.7 Å². The van der Waals surface area contributed by atoms with Crippen LogP contribution in [0.2, 0.25) is 0 Å². The van der Waals surface area contributed by atoms with Crippen LogP contribution in [0.5, 0.6) is 0 Å². The number of hydrogen-bond donors (Lipinski definition) is 2. The lowest BCUT2D eigenvalue weighted by molar-refractivity contribution is -0.143. The third-order valence-corrected chi connectivity index (χ3v) is 2.98. The van der Waals surface area contributed by atoms with Crippen molar-refractivity contribution in [3.63, 3.8) is 0 Å². The monoisotopic (exact) mass is 169 g/mol. The Morgan fingerprint density at radius 2 is 2.08 bits per heavy atom. The van der Waals surface area contributed by atoms with Gasteiger partial charge in [-0.05, 0) is 38.1 Å². The maximum Gasteiger partial charge on any atom is 0.306 e. The van der Waals surface area contributed by atoms with Crippen molar-refractivity contribution in [1.82, 2.24) is 5.32 Å². The van der Waals surface area contributed by atoms with E-state index < -0.39 is 5.97 Å². The molecule has 0 aromatic heterocycles. The molecule has 0 aromatic rings. The van der Waals surface area contributed by atoms with Crippen molar-refractivity contribution in [2.45, 2.75) is 31.7 Å². The molecule has 2 N–H and O–H groups in total. The summed E-state index contributed by atoms with van der Waals surface area (Å²) in [5.74, 6) is 0.0890. The van der Waals surface area contributed by atoms with Gasteiger partial charge >= 0.3 is 5.97 Å². The highest BCUT2D eigenvalue weighted by Gasteiger charge is 2.36. The fraction of sp³-hybridized carbons (Fsp3) is 0.889. The van der Waals surface area contributed by atoms with E-state index >= 15 is 0 Å². The zero-order chi connectivity index (χ0) is 8.55. The molecule has 3 nitrogen and oxygen atoms in total. The van der Waals surface area contributed by atoms with E-state index in [9.17, 15) is 4.79 Å². The lowest BCUT2D eigenvalue weighted by Gasteiger charge is -2.27. The van der Waals surface area contributed by atoms with Crippen LogP contribution in [-0.2, 0) is 4.79 Å². The van der Waals surface area contributed by atoms with E-state index in [2.05, 4.69) is 5.32 Å².